The minimum Gasteiger partial charge on any atom is -0.396 e. The zero-order valence-electron chi connectivity index (χ0n) is 13.6. The second kappa shape index (κ2) is 8.54. The van der Waals surface area contributed by atoms with E-state index in [4.69, 9.17) is 0 Å². The number of aliphatic hydroxyl groups is 1. The highest BCUT2D eigenvalue weighted by Gasteiger charge is 2.27. The third-order valence-electron chi connectivity index (χ3n) is 4.25. The summed E-state index contributed by atoms with van der Waals surface area (Å²) < 4.78 is 0. The molecule has 0 aromatic heterocycles. The molecule has 122 valence electrons. The Morgan fingerprint density at radius 3 is 2.27 bits per heavy atom. The maximum absolute atomic E-state index is 12.1. The molecule has 1 aromatic rings. The van der Waals surface area contributed by atoms with Crippen molar-refractivity contribution < 1.29 is 14.7 Å². The van der Waals surface area contributed by atoms with Crippen LogP contribution >= 0.6 is 0 Å². The summed E-state index contributed by atoms with van der Waals surface area (Å²) in [4.78, 5) is 24.1. The van der Waals surface area contributed by atoms with Crippen LogP contribution in [0, 0.1) is 5.41 Å². The Labute approximate surface area is 132 Å². The van der Waals surface area contributed by atoms with Gasteiger partial charge in [0.05, 0.1) is 6.61 Å². The quantitative estimate of drug-likeness (QED) is 0.684. The lowest BCUT2D eigenvalue weighted by Gasteiger charge is -2.30. The maximum atomic E-state index is 12.1. The van der Waals surface area contributed by atoms with E-state index >= 15 is 0 Å². The monoisotopic (exact) mass is 306 g/mol. The lowest BCUT2D eigenvalue weighted by Crippen LogP contribution is -2.48. The molecule has 0 aliphatic heterocycles. The molecule has 0 spiro atoms. The van der Waals surface area contributed by atoms with Crippen molar-refractivity contribution in [3.8, 4) is 0 Å². The standard InChI is InChI=1S/C17H26N2O3/c1-4-17(5-2,12-20)11-18-15(21)13(3)19-16(22)14-9-7-6-8-10-14/h6-10,13,20H,4-5,11-12H2,1-3H3,(H,18,21)(H,19,22). The fourth-order valence-electron chi connectivity index (χ4n) is 2.14. The van der Waals surface area contributed by atoms with Gasteiger partial charge in [-0.25, -0.2) is 0 Å². The number of amides is 2. The second-order valence-corrected chi connectivity index (χ2v) is 5.64. The van der Waals surface area contributed by atoms with Gasteiger partial charge in [-0.2, -0.15) is 0 Å². The number of rotatable bonds is 8. The molecule has 0 radical (unpaired) electrons. The predicted octanol–water partition coefficient (Wildman–Crippen LogP) is 1.72. The highest BCUT2D eigenvalue weighted by Crippen LogP contribution is 2.24. The van der Waals surface area contributed by atoms with Crippen molar-refractivity contribution in [3.05, 3.63) is 35.9 Å². The summed E-state index contributed by atoms with van der Waals surface area (Å²) in [6, 6.07) is 8.15. The van der Waals surface area contributed by atoms with Crippen LogP contribution < -0.4 is 10.6 Å². The number of benzene rings is 1. The highest BCUT2D eigenvalue weighted by molar-refractivity contribution is 5.97. The number of hydrogen-bond donors (Lipinski definition) is 3. The smallest absolute Gasteiger partial charge is 0.251 e. The molecule has 0 fully saturated rings. The third kappa shape index (κ3) is 4.84. The Balaban J connectivity index is 2.54. The van der Waals surface area contributed by atoms with Crippen LogP contribution in [0.1, 0.15) is 44.0 Å². The molecule has 5 heteroatoms. The Morgan fingerprint density at radius 1 is 1.18 bits per heavy atom. The van der Waals surface area contributed by atoms with Gasteiger partial charge in [-0.15, -0.1) is 0 Å². The van der Waals surface area contributed by atoms with E-state index in [1.165, 1.54) is 0 Å². The highest BCUT2D eigenvalue weighted by atomic mass is 16.3. The Morgan fingerprint density at radius 2 is 1.77 bits per heavy atom. The first-order valence-corrected chi connectivity index (χ1v) is 7.72. The van der Waals surface area contributed by atoms with Gasteiger partial charge in [0.1, 0.15) is 6.04 Å². The van der Waals surface area contributed by atoms with E-state index in [9.17, 15) is 14.7 Å². The molecule has 2 amide bonds. The summed E-state index contributed by atoms with van der Waals surface area (Å²) in [5.41, 5.74) is 0.229. The van der Waals surface area contributed by atoms with Gasteiger partial charge in [-0.3, -0.25) is 9.59 Å². The van der Waals surface area contributed by atoms with Crippen molar-refractivity contribution >= 4 is 11.8 Å². The summed E-state index contributed by atoms with van der Waals surface area (Å²) in [6.07, 6.45) is 1.57. The molecule has 5 nitrogen and oxygen atoms in total. The Hall–Kier alpha value is -1.88. The zero-order valence-corrected chi connectivity index (χ0v) is 13.6. The fourth-order valence-corrected chi connectivity index (χ4v) is 2.14. The number of hydrogen-bond acceptors (Lipinski definition) is 3. The summed E-state index contributed by atoms with van der Waals surface area (Å²) in [5, 5.41) is 15.0. The van der Waals surface area contributed by atoms with Gasteiger partial charge in [0.15, 0.2) is 0 Å². The molecule has 0 bridgehead atoms. The Bertz CT molecular complexity index is 476. The normalized spacial score (nSPS) is 12.5. The first-order chi connectivity index (χ1) is 10.5. The van der Waals surface area contributed by atoms with Crippen LogP contribution in [-0.4, -0.2) is 36.1 Å². The van der Waals surface area contributed by atoms with Gasteiger partial charge in [0.2, 0.25) is 5.91 Å². The van der Waals surface area contributed by atoms with Gasteiger partial charge in [-0.1, -0.05) is 32.0 Å². The largest absolute Gasteiger partial charge is 0.396 e. The average Bonchev–Trinajstić information content (AvgIpc) is 2.57. The maximum Gasteiger partial charge on any atom is 0.251 e. The first kappa shape index (κ1) is 18.2. The number of carbonyl (C=O) groups excluding carboxylic acids is 2. The molecule has 0 saturated carbocycles. The van der Waals surface area contributed by atoms with Crippen LogP contribution in [0.4, 0.5) is 0 Å². The predicted molar refractivity (Wildman–Crippen MR) is 86.5 cm³/mol. The van der Waals surface area contributed by atoms with Crippen LogP contribution in [0.3, 0.4) is 0 Å². The second-order valence-electron chi connectivity index (χ2n) is 5.64. The average molecular weight is 306 g/mol. The molecule has 1 aromatic carbocycles. The minimum absolute atomic E-state index is 0.0328. The van der Waals surface area contributed by atoms with Gasteiger partial charge in [0, 0.05) is 17.5 Å². The molecular weight excluding hydrogens is 280 g/mol. The van der Waals surface area contributed by atoms with Crippen LogP contribution in [0.2, 0.25) is 0 Å². The van der Waals surface area contributed by atoms with E-state index in [0.717, 1.165) is 12.8 Å². The topological polar surface area (TPSA) is 78.4 Å². The van der Waals surface area contributed by atoms with Crippen molar-refractivity contribution in [2.45, 2.75) is 39.7 Å². The summed E-state index contributed by atoms with van der Waals surface area (Å²) >= 11 is 0. The zero-order chi connectivity index (χ0) is 16.6. The van der Waals surface area contributed by atoms with E-state index in [1.807, 2.05) is 19.9 Å². The molecule has 0 aliphatic rings. The lowest BCUT2D eigenvalue weighted by atomic mass is 9.83. The van der Waals surface area contributed by atoms with Crippen molar-refractivity contribution in [1.29, 1.82) is 0 Å². The molecule has 1 rings (SSSR count). The van der Waals surface area contributed by atoms with Gasteiger partial charge < -0.3 is 15.7 Å². The first-order valence-electron chi connectivity index (χ1n) is 7.72. The number of carbonyl (C=O) groups is 2. The van der Waals surface area contributed by atoms with Crippen LogP contribution in [-0.2, 0) is 4.79 Å². The Kier molecular flexibility index (Phi) is 7.05. The minimum atomic E-state index is -0.627. The van der Waals surface area contributed by atoms with Gasteiger partial charge in [-0.05, 0) is 31.9 Å². The number of nitrogens with one attached hydrogen (secondary N) is 2. The third-order valence-corrected chi connectivity index (χ3v) is 4.25. The van der Waals surface area contributed by atoms with Crippen molar-refractivity contribution in [2.24, 2.45) is 5.41 Å². The molecule has 22 heavy (non-hydrogen) atoms. The van der Waals surface area contributed by atoms with Crippen molar-refractivity contribution in [2.75, 3.05) is 13.2 Å². The van der Waals surface area contributed by atoms with Gasteiger partial charge >= 0.3 is 0 Å². The molecular formula is C17H26N2O3. The molecule has 0 heterocycles. The molecule has 1 unspecified atom stereocenters. The van der Waals surface area contributed by atoms with E-state index in [1.54, 1.807) is 31.2 Å². The van der Waals surface area contributed by atoms with Crippen molar-refractivity contribution in [3.63, 3.8) is 0 Å². The van der Waals surface area contributed by atoms with Gasteiger partial charge in [0.25, 0.3) is 5.91 Å². The van der Waals surface area contributed by atoms with E-state index < -0.39 is 6.04 Å². The fraction of sp³-hybridized carbons (Fsp3) is 0.529. The van der Waals surface area contributed by atoms with Crippen LogP contribution in [0.25, 0.3) is 0 Å². The summed E-state index contributed by atoms with van der Waals surface area (Å²) in [5.74, 6) is -0.522. The van der Waals surface area contributed by atoms with Crippen LogP contribution in [0.15, 0.2) is 30.3 Å². The van der Waals surface area contributed by atoms with Crippen molar-refractivity contribution in [1.82, 2.24) is 10.6 Å². The summed E-state index contributed by atoms with van der Waals surface area (Å²) in [6.45, 7) is 6.07. The van der Waals surface area contributed by atoms with Crippen LogP contribution in [0.5, 0.6) is 0 Å². The van der Waals surface area contributed by atoms with E-state index in [-0.39, 0.29) is 23.8 Å². The SMILES string of the molecule is CCC(CC)(CO)CNC(=O)C(C)NC(=O)c1ccccc1. The summed E-state index contributed by atoms with van der Waals surface area (Å²) in [7, 11) is 0. The molecule has 0 saturated heterocycles. The van der Waals surface area contributed by atoms with E-state index in [2.05, 4.69) is 10.6 Å². The number of aliphatic hydroxyl groups excluding tert-OH is 1. The molecule has 3 N–H and O–H groups in total. The van der Waals surface area contributed by atoms with E-state index in [0.29, 0.717) is 12.1 Å². The lowest BCUT2D eigenvalue weighted by molar-refractivity contribution is -0.123. The molecule has 0 aliphatic carbocycles. The molecule has 1 atom stereocenters.